The first-order chi connectivity index (χ1) is 13.2. The first-order valence-corrected chi connectivity index (χ1v) is 8.74. The largest absolute Gasteiger partial charge is 0.483 e. The molecule has 0 bridgehead atoms. The van der Waals surface area contributed by atoms with Crippen LogP contribution in [0.2, 0.25) is 5.15 Å². The van der Waals surface area contributed by atoms with Crippen LogP contribution in [0.25, 0.3) is 10.9 Å². The smallest absolute Gasteiger partial charge is 0.277 e. The molecule has 0 atom stereocenters. The first-order valence-electron chi connectivity index (χ1n) is 8.36. The molecule has 5 nitrogen and oxygen atoms in total. The number of para-hydroxylation sites is 2. The van der Waals surface area contributed by atoms with Crippen LogP contribution < -0.4 is 10.2 Å². The highest BCUT2D eigenvalue weighted by Crippen LogP contribution is 2.19. The molecule has 0 fully saturated rings. The van der Waals surface area contributed by atoms with Gasteiger partial charge in [0.05, 0.1) is 11.7 Å². The molecule has 0 aliphatic carbocycles. The van der Waals surface area contributed by atoms with Gasteiger partial charge in [-0.05, 0) is 30.2 Å². The number of pyridine rings is 1. The fourth-order valence-electron chi connectivity index (χ4n) is 2.52. The molecule has 27 heavy (non-hydrogen) atoms. The van der Waals surface area contributed by atoms with E-state index in [-0.39, 0.29) is 12.5 Å². The summed E-state index contributed by atoms with van der Waals surface area (Å²) in [6.45, 7) is 3.57. The fourth-order valence-corrected chi connectivity index (χ4v) is 2.71. The highest BCUT2D eigenvalue weighted by molar-refractivity contribution is 6.32. The summed E-state index contributed by atoms with van der Waals surface area (Å²) in [5.74, 6) is 0.280. The Morgan fingerprint density at radius 1 is 1.22 bits per heavy atom. The Kier molecular flexibility index (Phi) is 6.18. The average molecular weight is 380 g/mol. The van der Waals surface area contributed by atoms with E-state index in [0.29, 0.717) is 22.9 Å². The molecule has 6 heteroatoms. The highest BCUT2D eigenvalue weighted by atomic mass is 35.5. The Balaban J connectivity index is 1.59. The molecule has 3 aromatic rings. The van der Waals surface area contributed by atoms with Gasteiger partial charge in [0.1, 0.15) is 10.9 Å². The molecule has 1 aromatic heterocycles. The summed E-state index contributed by atoms with van der Waals surface area (Å²) < 4.78 is 5.56. The molecular weight excluding hydrogens is 362 g/mol. The summed E-state index contributed by atoms with van der Waals surface area (Å²) in [4.78, 5) is 16.3. The van der Waals surface area contributed by atoms with Gasteiger partial charge in [-0.3, -0.25) is 4.79 Å². The third-order valence-electron chi connectivity index (χ3n) is 3.79. The lowest BCUT2D eigenvalue weighted by molar-refractivity contribution is -0.123. The molecule has 0 spiro atoms. The molecule has 1 heterocycles. The van der Waals surface area contributed by atoms with Crippen LogP contribution in [0.5, 0.6) is 5.75 Å². The molecule has 0 aliphatic rings. The number of hydrogen-bond acceptors (Lipinski definition) is 4. The molecule has 0 radical (unpaired) electrons. The van der Waals surface area contributed by atoms with Crippen molar-refractivity contribution in [3.63, 3.8) is 0 Å². The summed E-state index contributed by atoms with van der Waals surface area (Å²) in [7, 11) is 0. The van der Waals surface area contributed by atoms with Crippen LogP contribution in [-0.4, -0.2) is 23.7 Å². The molecule has 1 N–H and O–H groups in total. The van der Waals surface area contributed by atoms with E-state index in [0.717, 1.165) is 16.5 Å². The summed E-state index contributed by atoms with van der Waals surface area (Å²) in [6, 6.07) is 17.0. The number of allylic oxidation sites excluding steroid dienone is 1. The number of nitrogens with zero attached hydrogens (tertiary/aromatic N) is 2. The highest BCUT2D eigenvalue weighted by Gasteiger charge is 2.06. The Hall–Kier alpha value is -3.18. The molecule has 1 amide bonds. The second-order valence-corrected chi connectivity index (χ2v) is 6.10. The van der Waals surface area contributed by atoms with E-state index >= 15 is 0 Å². The van der Waals surface area contributed by atoms with Crippen molar-refractivity contribution in [3.8, 4) is 5.75 Å². The van der Waals surface area contributed by atoms with Crippen LogP contribution in [0, 0.1) is 0 Å². The number of carbonyl (C=O) groups excluding carboxylic acids is 1. The van der Waals surface area contributed by atoms with E-state index < -0.39 is 0 Å². The van der Waals surface area contributed by atoms with Gasteiger partial charge in [-0.1, -0.05) is 54.1 Å². The number of rotatable bonds is 7. The second-order valence-electron chi connectivity index (χ2n) is 5.74. The molecular formula is C21H18ClN3O2. The van der Waals surface area contributed by atoms with E-state index in [9.17, 15) is 4.79 Å². The first kappa shape index (κ1) is 18.6. The Labute approximate surface area is 162 Å². The minimum atomic E-state index is -0.371. The van der Waals surface area contributed by atoms with Crippen molar-refractivity contribution in [2.45, 2.75) is 6.42 Å². The maximum atomic E-state index is 12.0. The van der Waals surface area contributed by atoms with Gasteiger partial charge in [-0.15, -0.1) is 6.58 Å². The number of hydrazone groups is 1. The van der Waals surface area contributed by atoms with Crippen molar-refractivity contribution in [2.75, 3.05) is 6.61 Å². The summed E-state index contributed by atoms with van der Waals surface area (Å²) >= 11 is 6.16. The number of carbonyl (C=O) groups is 1. The lowest BCUT2D eigenvalue weighted by Gasteiger charge is -2.09. The van der Waals surface area contributed by atoms with Crippen molar-refractivity contribution in [2.24, 2.45) is 5.10 Å². The topological polar surface area (TPSA) is 63.6 Å². The van der Waals surface area contributed by atoms with Gasteiger partial charge >= 0.3 is 0 Å². The number of amides is 1. The minimum Gasteiger partial charge on any atom is -0.483 e. The quantitative estimate of drug-likeness (QED) is 0.290. The van der Waals surface area contributed by atoms with Crippen LogP contribution in [0.15, 0.2) is 72.4 Å². The van der Waals surface area contributed by atoms with E-state index in [1.165, 1.54) is 6.21 Å². The lowest BCUT2D eigenvalue weighted by Crippen LogP contribution is -2.24. The van der Waals surface area contributed by atoms with Gasteiger partial charge in [0.2, 0.25) is 0 Å². The maximum Gasteiger partial charge on any atom is 0.277 e. The standard InChI is InChI=1S/C21H18ClN3O2/c1-2-7-15-8-4-6-11-19(15)27-14-20(26)25-23-13-17-12-16-9-3-5-10-18(16)24-21(17)22/h2-6,8-13H,1,7,14H2,(H,25,26)/b23-13-. The summed E-state index contributed by atoms with van der Waals surface area (Å²) in [5, 5.41) is 5.20. The second kappa shape index (κ2) is 8.96. The van der Waals surface area contributed by atoms with E-state index in [4.69, 9.17) is 16.3 Å². The number of benzene rings is 2. The van der Waals surface area contributed by atoms with Crippen LogP contribution in [0.3, 0.4) is 0 Å². The van der Waals surface area contributed by atoms with Crippen molar-refractivity contribution in [1.82, 2.24) is 10.4 Å². The molecule has 136 valence electrons. The van der Waals surface area contributed by atoms with Crippen LogP contribution in [-0.2, 0) is 11.2 Å². The van der Waals surface area contributed by atoms with Gasteiger partial charge in [0.25, 0.3) is 5.91 Å². The Morgan fingerprint density at radius 2 is 2.00 bits per heavy atom. The van der Waals surface area contributed by atoms with Crippen molar-refractivity contribution >= 4 is 34.6 Å². The third-order valence-corrected chi connectivity index (χ3v) is 4.10. The molecule has 3 rings (SSSR count). The average Bonchev–Trinajstić information content (AvgIpc) is 2.68. The zero-order valence-electron chi connectivity index (χ0n) is 14.6. The SMILES string of the molecule is C=CCc1ccccc1OCC(=O)N/N=C\c1cc2ccccc2nc1Cl. The lowest BCUT2D eigenvalue weighted by atomic mass is 10.1. The van der Waals surface area contributed by atoms with Gasteiger partial charge in [0, 0.05) is 10.9 Å². The third kappa shape index (κ3) is 4.92. The number of nitrogens with one attached hydrogen (secondary N) is 1. The van der Waals surface area contributed by atoms with E-state index in [1.54, 1.807) is 6.08 Å². The van der Waals surface area contributed by atoms with Crippen molar-refractivity contribution < 1.29 is 9.53 Å². The normalized spacial score (nSPS) is 10.9. The molecule has 0 unspecified atom stereocenters. The molecule has 2 aromatic carbocycles. The van der Waals surface area contributed by atoms with E-state index in [1.807, 2.05) is 54.6 Å². The van der Waals surface area contributed by atoms with Crippen LogP contribution >= 0.6 is 11.6 Å². The molecule has 0 aliphatic heterocycles. The summed E-state index contributed by atoms with van der Waals surface area (Å²) in [5.41, 5.74) is 4.82. The predicted octanol–water partition coefficient (Wildman–Crippen LogP) is 4.15. The zero-order valence-corrected chi connectivity index (χ0v) is 15.3. The molecule has 0 saturated heterocycles. The number of halogens is 1. The Bertz CT molecular complexity index is 1000. The van der Waals surface area contributed by atoms with Gasteiger partial charge in [-0.25, -0.2) is 10.4 Å². The van der Waals surface area contributed by atoms with Gasteiger partial charge < -0.3 is 4.74 Å². The summed E-state index contributed by atoms with van der Waals surface area (Å²) in [6.07, 6.45) is 3.92. The van der Waals surface area contributed by atoms with Gasteiger partial charge in [0.15, 0.2) is 6.61 Å². The van der Waals surface area contributed by atoms with E-state index in [2.05, 4.69) is 22.1 Å². The number of hydrogen-bond donors (Lipinski definition) is 1. The monoisotopic (exact) mass is 379 g/mol. The number of fused-ring (bicyclic) bond motifs is 1. The van der Waals surface area contributed by atoms with Crippen molar-refractivity contribution in [3.05, 3.63) is 83.5 Å². The number of aromatic nitrogens is 1. The fraction of sp³-hybridized carbons (Fsp3) is 0.0952. The zero-order chi connectivity index (χ0) is 19.1. The van der Waals surface area contributed by atoms with Gasteiger partial charge in [-0.2, -0.15) is 5.10 Å². The Morgan fingerprint density at radius 3 is 2.85 bits per heavy atom. The van der Waals surface area contributed by atoms with Crippen molar-refractivity contribution in [1.29, 1.82) is 0 Å². The molecule has 0 saturated carbocycles. The maximum absolute atomic E-state index is 12.0. The van der Waals surface area contributed by atoms with Crippen LogP contribution in [0.1, 0.15) is 11.1 Å². The minimum absolute atomic E-state index is 0.144. The number of ether oxygens (including phenoxy) is 1. The van der Waals surface area contributed by atoms with Crippen LogP contribution in [0.4, 0.5) is 0 Å². The predicted molar refractivity (Wildman–Crippen MR) is 108 cm³/mol.